The third-order valence-electron chi connectivity index (χ3n) is 3.75. The first-order chi connectivity index (χ1) is 10.1. The summed E-state index contributed by atoms with van der Waals surface area (Å²) >= 11 is 0. The molecule has 1 aromatic rings. The van der Waals surface area contributed by atoms with Crippen LogP contribution >= 0.6 is 0 Å². The molecule has 0 spiro atoms. The fourth-order valence-corrected chi connectivity index (χ4v) is 2.49. The maximum absolute atomic E-state index is 13.9. The molecule has 4 nitrogen and oxygen atoms in total. The first kappa shape index (κ1) is 15.7. The van der Waals surface area contributed by atoms with Crippen molar-refractivity contribution in [2.24, 2.45) is 0 Å². The number of piperazine rings is 1. The van der Waals surface area contributed by atoms with E-state index in [9.17, 15) is 13.6 Å². The Morgan fingerprint density at radius 3 is 2.19 bits per heavy atom. The summed E-state index contributed by atoms with van der Waals surface area (Å²) in [4.78, 5) is 16.2. The molecule has 0 unspecified atom stereocenters. The van der Waals surface area contributed by atoms with Crippen LogP contribution in [0.1, 0.15) is 24.2 Å². The average molecular weight is 297 g/mol. The highest BCUT2D eigenvalue weighted by atomic mass is 19.1. The number of benzene rings is 1. The Morgan fingerprint density at radius 2 is 1.71 bits per heavy atom. The van der Waals surface area contributed by atoms with E-state index in [1.165, 1.54) is 0 Å². The number of rotatable bonds is 4. The van der Waals surface area contributed by atoms with Gasteiger partial charge in [0.05, 0.1) is 0 Å². The maximum Gasteiger partial charge on any atom is 0.254 e. The number of carbonyl (C=O) groups is 1. The predicted octanol–water partition coefficient (Wildman–Crippen LogP) is 2.17. The van der Waals surface area contributed by atoms with Crippen LogP contribution in [0.2, 0.25) is 0 Å². The zero-order chi connectivity index (χ0) is 15.4. The summed E-state index contributed by atoms with van der Waals surface area (Å²) in [5.74, 6) is -1.77. The highest BCUT2D eigenvalue weighted by Gasteiger charge is 2.23. The van der Waals surface area contributed by atoms with E-state index >= 15 is 0 Å². The number of amides is 1. The van der Waals surface area contributed by atoms with Gasteiger partial charge in [0.15, 0.2) is 0 Å². The first-order valence-corrected chi connectivity index (χ1v) is 7.31. The number of hydrogen-bond acceptors (Lipinski definition) is 3. The van der Waals surface area contributed by atoms with E-state index in [1.807, 2.05) is 0 Å². The van der Waals surface area contributed by atoms with Crippen molar-refractivity contribution in [3.05, 3.63) is 29.3 Å². The largest absolute Gasteiger partial charge is 0.381 e. The van der Waals surface area contributed by atoms with E-state index in [1.54, 1.807) is 11.8 Å². The van der Waals surface area contributed by atoms with Crippen molar-refractivity contribution in [1.29, 1.82) is 0 Å². The lowest BCUT2D eigenvalue weighted by molar-refractivity contribution is 0.0642. The van der Waals surface area contributed by atoms with Crippen molar-refractivity contribution in [1.82, 2.24) is 9.80 Å². The zero-order valence-corrected chi connectivity index (χ0v) is 12.5. The summed E-state index contributed by atoms with van der Waals surface area (Å²) in [6, 6.07) is 2.21. The Morgan fingerprint density at radius 1 is 1.14 bits per heavy atom. The van der Waals surface area contributed by atoms with Gasteiger partial charge in [-0.2, -0.15) is 0 Å². The van der Waals surface area contributed by atoms with Crippen LogP contribution in [0, 0.1) is 11.6 Å². The van der Waals surface area contributed by atoms with Gasteiger partial charge in [-0.1, -0.05) is 6.92 Å². The molecule has 0 saturated carbocycles. The second kappa shape index (κ2) is 6.85. The van der Waals surface area contributed by atoms with E-state index in [0.717, 1.165) is 31.8 Å². The summed E-state index contributed by atoms with van der Waals surface area (Å²) in [6.45, 7) is 7.96. The van der Waals surface area contributed by atoms with Gasteiger partial charge in [0, 0.05) is 38.3 Å². The Balaban J connectivity index is 2.13. The quantitative estimate of drug-likeness (QED) is 0.925. The van der Waals surface area contributed by atoms with Gasteiger partial charge in [0.1, 0.15) is 17.3 Å². The first-order valence-electron chi connectivity index (χ1n) is 7.31. The van der Waals surface area contributed by atoms with E-state index in [4.69, 9.17) is 0 Å². The van der Waals surface area contributed by atoms with Crippen LogP contribution in [0.5, 0.6) is 0 Å². The highest BCUT2D eigenvalue weighted by molar-refractivity contribution is 5.94. The maximum atomic E-state index is 13.9. The minimum atomic E-state index is -0.729. The summed E-state index contributed by atoms with van der Waals surface area (Å²) in [6.07, 6.45) is 0. The van der Waals surface area contributed by atoms with E-state index in [2.05, 4.69) is 17.1 Å². The molecule has 1 saturated heterocycles. The lowest BCUT2D eigenvalue weighted by Crippen LogP contribution is -2.48. The van der Waals surface area contributed by atoms with Gasteiger partial charge in [0.2, 0.25) is 0 Å². The summed E-state index contributed by atoms with van der Waals surface area (Å²) in [5, 5.41) is 2.62. The topological polar surface area (TPSA) is 35.6 Å². The second-order valence-corrected chi connectivity index (χ2v) is 5.07. The third kappa shape index (κ3) is 3.50. The van der Waals surface area contributed by atoms with E-state index < -0.39 is 11.6 Å². The van der Waals surface area contributed by atoms with Crippen LogP contribution in [0.25, 0.3) is 0 Å². The molecule has 0 aliphatic carbocycles. The van der Waals surface area contributed by atoms with Crippen LogP contribution < -0.4 is 5.32 Å². The number of nitrogens with one attached hydrogen (secondary N) is 1. The van der Waals surface area contributed by atoms with Gasteiger partial charge < -0.3 is 15.1 Å². The molecule has 1 aromatic carbocycles. The lowest BCUT2D eigenvalue weighted by Gasteiger charge is -2.34. The SMILES string of the molecule is CCNc1c(F)cc(C(=O)N2CCN(CC)CC2)cc1F. The molecular weight excluding hydrogens is 276 g/mol. The number of halogens is 2. The Hall–Kier alpha value is -1.69. The van der Waals surface area contributed by atoms with E-state index in [-0.39, 0.29) is 17.2 Å². The molecule has 1 N–H and O–H groups in total. The van der Waals surface area contributed by atoms with Crippen LogP contribution in [0.15, 0.2) is 12.1 Å². The molecule has 0 radical (unpaired) electrons. The van der Waals surface area contributed by atoms with Gasteiger partial charge >= 0.3 is 0 Å². The molecule has 1 fully saturated rings. The minimum Gasteiger partial charge on any atom is -0.381 e. The number of carbonyl (C=O) groups excluding carboxylic acids is 1. The van der Waals surface area contributed by atoms with Crippen molar-refractivity contribution in [3.63, 3.8) is 0 Å². The van der Waals surface area contributed by atoms with Crippen LogP contribution in [-0.2, 0) is 0 Å². The highest BCUT2D eigenvalue weighted by Crippen LogP contribution is 2.22. The lowest BCUT2D eigenvalue weighted by atomic mass is 10.1. The predicted molar refractivity (Wildman–Crippen MR) is 78.5 cm³/mol. The Labute approximate surface area is 123 Å². The van der Waals surface area contributed by atoms with Gasteiger partial charge in [-0.15, -0.1) is 0 Å². The second-order valence-electron chi connectivity index (χ2n) is 5.07. The van der Waals surface area contributed by atoms with Crippen molar-refractivity contribution >= 4 is 11.6 Å². The van der Waals surface area contributed by atoms with Crippen molar-refractivity contribution in [3.8, 4) is 0 Å². The van der Waals surface area contributed by atoms with Crippen LogP contribution in [0.4, 0.5) is 14.5 Å². The van der Waals surface area contributed by atoms with E-state index in [0.29, 0.717) is 19.6 Å². The number of nitrogens with zero attached hydrogens (tertiary/aromatic N) is 2. The summed E-state index contributed by atoms with van der Waals surface area (Å²) in [7, 11) is 0. The Bertz CT molecular complexity index is 491. The summed E-state index contributed by atoms with van der Waals surface area (Å²) < 4.78 is 27.7. The van der Waals surface area contributed by atoms with Crippen molar-refractivity contribution < 1.29 is 13.6 Å². The van der Waals surface area contributed by atoms with Crippen molar-refractivity contribution in [2.75, 3.05) is 44.6 Å². The van der Waals surface area contributed by atoms with Gasteiger partial charge in [-0.05, 0) is 25.6 Å². The molecule has 2 rings (SSSR count). The molecule has 21 heavy (non-hydrogen) atoms. The molecule has 1 heterocycles. The molecule has 1 aliphatic heterocycles. The Kier molecular flexibility index (Phi) is 5.12. The fourth-order valence-electron chi connectivity index (χ4n) is 2.49. The normalized spacial score (nSPS) is 16.1. The molecular formula is C15H21F2N3O. The third-order valence-corrected chi connectivity index (χ3v) is 3.75. The monoisotopic (exact) mass is 297 g/mol. The fraction of sp³-hybridized carbons (Fsp3) is 0.533. The molecule has 0 aromatic heterocycles. The van der Waals surface area contributed by atoms with Gasteiger partial charge in [-0.25, -0.2) is 8.78 Å². The minimum absolute atomic E-state index is 0.0663. The zero-order valence-electron chi connectivity index (χ0n) is 12.5. The summed E-state index contributed by atoms with van der Waals surface area (Å²) in [5.41, 5.74) is -0.110. The number of hydrogen-bond donors (Lipinski definition) is 1. The molecule has 116 valence electrons. The van der Waals surface area contributed by atoms with Gasteiger partial charge in [-0.3, -0.25) is 4.79 Å². The van der Waals surface area contributed by atoms with Crippen LogP contribution in [-0.4, -0.2) is 55.0 Å². The molecule has 0 atom stereocenters. The number of likely N-dealkylation sites (N-methyl/N-ethyl adjacent to an activating group) is 1. The number of anilines is 1. The average Bonchev–Trinajstić information content (AvgIpc) is 2.50. The standard InChI is InChI=1S/C15H21F2N3O/c1-3-18-14-12(16)9-11(10-13(14)17)15(21)20-7-5-19(4-2)6-8-20/h9-10,18H,3-8H2,1-2H3. The molecule has 1 aliphatic rings. The van der Waals surface area contributed by atoms with Gasteiger partial charge in [0.25, 0.3) is 5.91 Å². The van der Waals surface area contributed by atoms with Crippen molar-refractivity contribution in [2.45, 2.75) is 13.8 Å². The molecule has 6 heteroatoms. The smallest absolute Gasteiger partial charge is 0.254 e. The molecule has 0 bridgehead atoms. The van der Waals surface area contributed by atoms with Crippen LogP contribution in [0.3, 0.4) is 0 Å². The molecule has 1 amide bonds.